The van der Waals surface area contributed by atoms with E-state index in [9.17, 15) is 71.4 Å². The highest BCUT2D eigenvalue weighted by atomic mass is 32.2. The summed E-state index contributed by atoms with van der Waals surface area (Å²) < 4.78 is 33.7. The molecule has 70 heavy (non-hydrogen) atoms. The molecule has 8 amide bonds. The lowest BCUT2D eigenvalue weighted by Gasteiger charge is -2.28. The molecule has 3 aromatic rings. The Morgan fingerprint density at radius 3 is 2.19 bits per heavy atom. The van der Waals surface area contributed by atoms with E-state index in [0.29, 0.717) is 12.0 Å². The molecule has 0 radical (unpaired) electrons. The zero-order chi connectivity index (χ0) is 51.9. The van der Waals surface area contributed by atoms with E-state index >= 15 is 0 Å². The van der Waals surface area contributed by atoms with Gasteiger partial charge in [-0.05, 0) is 67.7 Å². The summed E-state index contributed by atoms with van der Waals surface area (Å²) >= 11 is 1.04. The van der Waals surface area contributed by atoms with Gasteiger partial charge in [0.1, 0.15) is 52.2 Å². The van der Waals surface area contributed by atoms with E-state index in [4.69, 9.17) is 0 Å². The fourth-order valence-corrected chi connectivity index (χ4v) is 8.18. The van der Waals surface area contributed by atoms with E-state index in [1.54, 1.807) is 32.9 Å². The van der Waals surface area contributed by atoms with E-state index in [1.807, 2.05) is 0 Å². The van der Waals surface area contributed by atoms with Crippen molar-refractivity contribution < 1.29 is 71.4 Å². The van der Waals surface area contributed by atoms with Crippen molar-refractivity contribution in [2.45, 2.75) is 89.6 Å². The second-order valence-electron chi connectivity index (χ2n) is 16.2. The van der Waals surface area contributed by atoms with Crippen molar-refractivity contribution >= 4 is 80.6 Å². The number of hydrogen-bond donors (Lipinski definition) is 12. The van der Waals surface area contributed by atoms with Crippen molar-refractivity contribution in [1.29, 1.82) is 0 Å². The number of phenolic OH excluding ortho intramolecular Hbond substituents is 3. The van der Waals surface area contributed by atoms with Crippen molar-refractivity contribution in [2.75, 3.05) is 18.8 Å². The number of nitrogens with one attached hydrogen (secondary N) is 8. The third kappa shape index (κ3) is 16.7. The van der Waals surface area contributed by atoms with E-state index < -0.39 is 130 Å². The number of phenols is 3. The van der Waals surface area contributed by atoms with E-state index in [1.165, 1.54) is 30.5 Å². The molecule has 1 aliphatic heterocycles. The predicted octanol–water partition coefficient (Wildman–Crippen LogP) is -1.02. The molecule has 4 rings (SSSR count). The highest BCUT2D eigenvalue weighted by Crippen LogP contribution is 2.25. The van der Waals surface area contributed by atoms with Gasteiger partial charge in [-0.1, -0.05) is 45.7 Å². The van der Waals surface area contributed by atoms with Crippen molar-refractivity contribution in [3.8, 4) is 17.2 Å². The Morgan fingerprint density at radius 2 is 1.53 bits per heavy atom. The van der Waals surface area contributed by atoms with Crippen LogP contribution in [0.5, 0.6) is 17.2 Å². The third-order valence-corrected chi connectivity index (χ3v) is 12.4. The standard InChI is InChI=1S/C44H55N9O15S2/c1-5-7-29-41(63)53-36(22(3)6-2)37(59)43(65)51-30(16-24-8-11-26(54)12-9-24)44-48-25(20-69-44)10-15-34(57)49-32(21-70(66,67)68)40(62)45-18-31(42(64)50-29)52-38(60)23(4)47-35(58)19-46-39(61)28-17-27(55)13-14-33(28)56/h8-15,17,20,22-23,29-32,36,54-56H,5-7,16,18-19,21H2,1-4H3,(H,45,62)(H,46,61)(H,47,58)(H,49,57)(H,50,64)(H,51,65)(H,52,60)(H,53,63)(H,66,67,68)/b15-10+. The van der Waals surface area contributed by atoms with Gasteiger partial charge in [-0.15, -0.1) is 11.3 Å². The molecule has 0 saturated carbocycles. The maximum Gasteiger partial charge on any atom is 0.290 e. The summed E-state index contributed by atoms with van der Waals surface area (Å²) in [6.45, 7) is 4.61. The van der Waals surface area contributed by atoms with Crippen LogP contribution in [0.3, 0.4) is 0 Å². The number of amides is 8. The van der Waals surface area contributed by atoms with E-state index in [-0.39, 0.29) is 47.0 Å². The number of aromatic hydroxyl groups is 3. The van der Waals surface area contributed by atoms with Crippen LogP contribution >= 0.6 is 11.3 Å². The molecule has 2 aromatic carbocycles. The number of fused-ring (bicyclic) bond motifs is 2. The second-order valence-corrected chi connectivity index (χ2v) is 18.6. The number of carbonyl (C=O) groups is 9. The number of hydrogen-bond acceptors (Lipinski definition) is 16. The monoisotopic (exact) mass is 1010 g/mol. The minimum absolute atomic E-state index is 0.0281. The highest BCUT2D eigenvalue weighted by molar-refractivity contribution is 7.85. The lowest BCUT2D eigenvalue weighted by Crippen LogP contribution is -2.61. The quantitative estimate of drug-likeness (QED) is 0.0522. The fourth-order valence-electron chi connectivity index (χ4n) is 6.69. The van der Waals surface area contributed by atoms with Gasteiger partial charge in [0.2, 0.25) is 41.2 Å². The molecular weight excluding hydrogens is 959 g/mol. The minimum Gasteiger partial charge on any atom is -0.508 e. The first-order valence-electron chi connectivity index (χ1n) is 21.8. The normalized spacial score (nSPS) is 21.1. The maximum atomic E-state index is 14.1. The Labute approximate surface area is 405 Å². The minimum atomic E-state index is -4.96. The number of ketones is 1. The molecule has 2 bridgehead atoms. The molecule has 0 saturated heterocycles. The smallest absolute Gasteiger partial charge is 0.290 e. The summed E-state index contributed by atoms with van der Waals surface area (Å²) in [5, 5.41) is 50.2. The Morgan fingerprint density at radius 1 is 0.843 bits per heavy atom. The molecule has 0 aliphatic carbocycles. The van der Waals surface area contributed by atoms with Gasteiger partial charge in [-0.3, -0.25) is 47.7 Å². The number of thiazole rings is 1. The molecule has 7 atom stereocenters. The van der Waals surface area contributed by atoms with E-state index in [2.05, 4.69) is 47.5 Å². The topological polar surface area (TPSA) is 378 Å². The molecule has 7 unspecified atom stereocenters. The summed E-state index contributed by atoms with van der Waals surface area (Å²) in [6, 6.07) is 0.00555. The molecule has 12 N–H and O–H groups in total. The van der Waals surface area contributed by atoms with Crippen LogP contribution in [0.1, 0.15) is 79.6 Å². The number of benzene rings is 2. The largest absolute Gasteiger partial charge is 0.508 e. The number of carbonyl (C=O) groups excluding carboxylic acids is 9. The summed E-state index contributed by atoms with van der Waals surface area (Å²) in [5.41, 5.74) is 0.409. The average Bonchev–Trinajstić information content (AvgIpc) is 3.79. The molecule has 1 aliphatic rings. The van der Waals surface area contributed by atoms with E-state index in [0.717, 1.165) is 35.6 Å². The van der Waals surface area contributed by atoms with Gasteiger partial charge in [0.05, 0.1) is 29.9 Å². The molecule has 26 heteroatoms. The number of Topliss-reactive ketones (excluding diaryl/α,β-unsaturated/α-hetero) is 1. The highest BCUT2D eigenvalue weighted by Gasteiger charge is 2.36. The molecule has 24 nitrogen and oxygen atoms in total. The zero-order valence-electron chi connectivity index (χ0n) is 38.3. The first kappa shape index (κ1) is 55.1. The van der Waals surface area contributed by atoms with Gasteiger partial charge in [0.15, 0.2) is 0 Å². The first-order chi connectivity index (χ1) is 33.0. The van der Waals surface area contributed by atoms with Gasteiger partial charge in [0.25, 0.3) is 21.9 Å². The molecule has 378 valence electrons. The third-order valence-electron chi connectivity index (χ3n) is 10.7. The van der Waals surface area contributed by atoms with Gasteiger partial charge >= 0.3 is 0 Å². The number of rotatable bonds is 14. The zero-order valence-corrected chi connectivity index (χ0v) is 39.9. The first-order valence-corrected chi connectivity index (χ1v) is 24.3. The van der Waals surface area contributed by atoms with Crippen LogP contribution in [-0.2, 0) is 54.9 Å². The number of aromatic nitrogens is 1. The van der Waals surface area contributed by atoms with Crippen LogP contribution in [0, 0.1) is 5.92 Å². The molecule has 0 spiro atoms. The van der Waals surface area contributed by atoms with Crippen LogP contribution in [0.15, 0.2) is 53.9 Å². The molecular formula is C44H55N9O15S2. The van der Waals surface area contributed by atoms with Crippen molar-refractivity contribution in [3.05, 3.63) is 75.7 Å². The summed E-state index contributed by atoms with van der Waals surface area (Å²) in [6.07, 6.45) is 2.65. The summed E-state index contributed by atoms with van der Waals surface area (Å²) in [7, 11) is -4.96. The molecule has 2 heterocycles. The van der Waals surface area contributed by atoms with Crippen LogP contribution in [-0.4, -0.2) is 135 Å². The van der Waals surface area contributed by atoms with Crippen LogP contribution < -0.4 is 42.5 Å². The van der Waals surface area contributed by atoms with Gasteiger partial charge < -0.3 is 57.9 Å². The maximum absolute atomic E-state index is 14.1. The Bertz CT molecular complexity index is 2590. The number of nitrogens with zero attached hydrogens (tertiary/aromatic N) is 1. The fraction of sp³-hybridized carbons (Fsp3) is 0.409. The van der Waals surface area contributed by atoms with Gasteiger partial charge in [-0.25, -0.2) is 4.98 Å². The Kier molecular flexibility index (Phi) is 19.9. The predicted molar refractivity (Wildman–Crippen MR) is 250 cm³/mol. The van der Waals surface area contributed by atoms with Crippen LogP contribution in [0.25, 0.3) is 6.08 Å². The Balaban J connectivity index is 1.67. The van der Waals surface area contributed by atoms with Crippen molar-refractivity contribution in [2.24, 2.45) is 5.92 Å². The average molecular weight is 1010 g/mol. The SMILES string of the molecule is CCCC1NC(=O)C(NC(=O)C(C)NC(=O)CNC(=O)c2cc(O)ccc2O)CNC(=O)C(CS(=O)(=O)O)NC(=O)/C=C/c2csc(n2)C(Cc2ccc(O)cc2)NC(=O)C(=O)C(C(C)CC)NC1=O. The lowest BCUT2D eigenvalue weighted by molar-refractivity contribution is -0.141. The summed E-state index contributed by atoms with van der Waals surface area (Å²) in [5.74, 6) is -12.3. The Hall–Kier alpha value is -7.45. The van der Waals surface area contributed by atoms with Crippen molar-refractivity contribution in [1.82, 2.24) is 47.5 Å². The van der Waals surface area contributed by atoms with Crippen molar-refractivity contribution in [3.63, 3.8) is 0 Å². The summed E-state index contributed by atoms with van der Waals surface area (Å²) in [4.78, 5) is 126. The van der Waals surface area contributed by atoms with Crippen LogP contribution in [0.4, 0.5) is 0 Å². The molecule has 0 fully saturated rings. The van der Waals surface area contributed by atoms with Crippen LogP contribution in [0.2, 0.25) is 0 Å². The second kappa shape index (κ2) is 25.2. The van der Waals surface area contributed by atoms with Gasteiger partial charge in [0, 0.05) is 18.0 Å². The molecule has 1 aromatic heterocycles. The lowest BCUT2D eigenvalue weighted by atomic mass is 9.94. The van der Waals surface area contributed by atoms with Gasteiger partial charge in [-0.2, -0.15) is 8.42 Å².